The lowest BCUT2D eigenvalue weighted by molar-refractivity contribution is -0.384. The molecule has 2 saturated heterocycles. The van der Waals surface area contributed by atoms with Crippen molar-refractivity contribution in [2.45, 2.75) is 6.54 Å². The van der Waals surface area contributed by atoms with Crippen LogP contribution in [0.25, 0.3) is 6.08 Å². The second-order valence-corrected chi connectivity index (χ2v) is 8.93. The third kappa shape index (κ3) is 4.75. The van der Waals surface area contributed by atoms with Gasteiger partial charge in [0.2, 0.25) is 0 Å². The van der Waals surface area contributed by atoms with Crippen LogP contribution in [0.15, 0.2) is 41.3 Å². The van der Waals surface area contributed by atoms with Gasteiger partial charge in [-0.2, -0.15) is 0 Å². The quantitative estimate of drug-likeness (QED) is 0.329. The second-order valence-electron chi connectivity index (χ2n) is 7.12. The van der Waals surface area contributed by atoms with Gasteiger partial charge in [0.15, 0.2) is 0 Å². The highest BCUT2D eigenvalue weighted by atomic mass is 35.5. The Morgan fingerprint density at radius 3 is 2.53 bits per heavy atom. The average Bonchev–Trinajstić information content (AvgIpc) is 3.04. The fraction of sp³-hybridized carbons (Fsp3) is 0.238. The summed E-state index contributed by atoms with van der Waals surface area (Å²) in [6.07, 6.45) is 1.50. The molecule has 0 saturated carbocycles. The molecule has 0 aliphatic carbocycles. The van der Waals surface area contributed by atoms with Gasteiger partial charge in [-0.15, -0.1) is 0 Å². The fourth-order valence-electron chi connectivity index (χ4n) is 3.46. The largest absolute Gasteiger partial charge is 0.378 e. The molecule has 0 atom stereocenters. The maximum absolute atomic E-state index is 12.8. The number of carbonyl (C=O) groups is 2. The minimum atomic E-state index is -0.467. The smallest absolute Gasteiger partial charge is 0.293 e. The van der Waals surface area contributed by atoms with E-state index in [1.807, 2.05) is 4.90 Å². The highest BCUT2D eigenvalue weighted by molar-refractivity contribution is 8.18. The number of benzene rings is 2. The molecule has 4 rings (SSSR count). The van der Waals surface area contributed by atoms with Gasteiger partial charge in [0.25, 0.3) is 16.8 Å². The number of anilines is 1. The van der Waals surface area contributed by atoms with Gasteiger partial charge in [0, 0.05) is 19.2 Å². The molecule has 2 aliphatic heterocycles. The molecule has 166 valence electrons. The zero-order chi connectivity index (χ0) is 22.8. The molecular weight excluding hydrogens is 477 g/mol. The minimum absolute atomic E-state index is 0.0506. The number of nitro benzene ring substituents is 1. The molecule has 32 heavy (non-hydrogen) atoms. The molecular formula is C21H17Cl2N3O5S. The van der Waals surface area contributed by atoms with E-state index in [0.29, 0.717) is 53.2 Å². The third-order valence-electron chi connectivity index (χ3n) is 5.04. The average molecular weight is 494 g/mol. The Kier molecular flexibility index (Phi) is 6.71. The van der Waals surface area contributed by atoms with Crippen LogP contribution >= 0.6 is 35.0 Å². The van der Waals surface area contributed by atoms with E-state index in [9.17, 15) is 19.7 Å². The summed E-state index contributed by atoms with van der Waals surface area (Å²) in [5.74, 6) is -0.467. The maximum Gasteiger partial charge on any atom is 0.293 e. The normalized spacial score (nSPS) is 18.0. The van der Waals surface area contributed by atoms with Gasteiger partial charge in [-0.05, 0) is 47.2 Å². The van der Waals surface area contributed by atoms with Crippen molar-refractivity contribution >= 4 is 63.6 Å². The van der Waals surface area contributed by atoms with E-state index in [1.54, 1.807) is 30.3 Å². The van der Waals surface area contributed by atoms with Crippen molar-refractivity contribution < 1.29 is 19.2 Å². The number of hydrogen-bond acceptors (Lipinski definition) is 7. The first-order valence-corrected chi connectivity index (χ1v) is 11.2. The number of thioether (sulfide) groups is 1. The monoisotopic (exact) mass is 493 g/mol. The van der Waals surface area contributed by atoms with Crippen molar-refractivity contribution in [3.05, 3.63) is 72.6 Å². The molecule has 2 heterocycles. The molecule has 0 N–H and O–H groups in total. The first-order valence-electron chi connectivity index (χ1n) is 9.64. The van der Waals surface area contributed by atoms with Gasteiger partial charge in [0.1, 0.15) is 5.69 Å². The van der Waals surface area contributed by atoms with Gasteiger partial charge in [-0.25, -0.2) is 0 Å². The van der Waals surface area contributed by atoms with Crippen LogP contribution in [0.1, 0.15) is 11.1 Å². The molecule has 2 aromatic carbocycles. The molecule has 2 aromatic rings. The number of nitrogens with zero attached hydrogens (tertiary/aromatic N) is 3. The summed E-state index contributed by atoms with van der Waals surface area (Å²) < 4.78 is 5.31. The van der Waals surface area contributed by atoms with Gasteiger partial charge in [-0.1, -0.05) is 35.3 Å². The summed E-state index contributed by atoms with van der Waals surface area (Å²) in [5.41, 5.74) is 1.57. The van der Waals surface area contributed by atoms with E-state index < -0.39 is 16.1 Å². The minimum Gasteiger partial charge on any atom is -0.378 e. The van der Waals surface area contributed by atoms with Crippen LogP contribution in [0, 0.1) is 10.1 Å². The molecule has 0 spiro atoms. The van der Waals surface area contributed by atoms with Crippen molar-refractivity contribution in [2.75, 3.05) is 31.2 Å². The van der Waals surface area contributed by atoms with E-state index in [2.05, 4.69) is 0 Å². The van der Waals surface area contributed by atoms with Crippen molar-refractivity contribution in [1.29, 1.82) is 0 Å². The Labute approximate surface area is 197 Å². The van der Waals surface area contributed by atoms with Crippen molar-refractivity contribution in [2.24, 2.45) is 0 Å². The van der Waals surface area contributed by atoms with E-state index >= 15 is 0 Å². The Bertz CT molecular complexity index is 1130. The molecule has 2 amide bonds. The van der Waals surface area contributed by atoms with Crippen LogP contribution in [0.5, 0.6) is 0 Å². The Balaban J connectivity index is 1.57. The van der Waals surface area contributed by atoms with Gasteiger partial charge >= 0.3 is 0 Å². The Morgan fingerprint density at radius 1 is 1.09 bits per heavy atom. The number of imide groups is 1. The van der Waals surface area contributed by atoms with Crippen molar-refractivity contribution in [3.63, 3.8) is 0 Å². The summed E-state index contributed by atoms with van der Waals surface area (Å²) in [6, 6.07) is 9.67. The maximum atomic E-state index is 12.8. The lowest BCUT2D eigenvalue weighted by Crippen LogP contribution is -2.36. The number of ether oxygens (including phenoxy) is 1. The SMILES string of the molecule is O=C1S/C(=C\c2ccc(N3CCOCC3)c([N+](=O)[O-])c2)C(=O)N1Cc1ccc(Cl)c(Cl)c1. The van der Waals surface area contributed by atoms with Crippen LogP contribution in [0.3, 0.4) is 0 Å². The summed E-state index contributed by atoms with van der Waals surface area (Å²) in [4.78, 5) is 39.6. The highest BCUT2D eigenvalue weighted by Crippen LogP contribution is 2.36. The zero-order valence-corrected chi connectivity index (χ0v) is 19.0. The van der Waals surface area contributed by atoms with Gasteiger partial charge < -0.3 is 9.64 Å². The molecule has 2 aliphatic rings. The lowest BCUT2D eigenvalue weighted by atomic mass is 10.1. The zero-order valence-electron chi connectivity index (χ0n) is 16.6. The van der Waals surface area contributed by atoms with E-state index in [-0.39, 0.29) is 17.1 Å². The predicted molar refractivity (Wildman–Crippen MR) is 124 cm³/mol. The number of carbonyl (C=O) groups excluding carboxylic acids is 2. The van der Waals surface area contributed by atoms with Crippen LogP contribution in [-0.2, 0) is 16.1 Å². The lowest BCUT2D eigenvalue weighted by Gasteiger charge is -2.28. The molecule has 0 unspecified atom stereocenters. The fourth-order valence-corrected chi connectivity index (χ4v) is 4.62. The van der Waals surface area contributed by atoms with Gasteiger partial charge in [0.05, 0.1) is 39.6 Å². The summed E-state index contributed by atoms with van der Waals surface area (Å²) in [6.45, 7) is 2.19. The molecule has 0 aromatic heterocycles. The van der Waals surface area contributed by atoms with Crippen LogP contribution in [0.2, 0.25) is 10.0 Å². The van der Waals surface area contributed by atoms with Crippen molar-refractivity contribution in [1.82, 2.24) is 4.90 Å². The summed E-state index contributed by atoms with van der Waals surface area (Å²) in [5, 5.41) is 11.9. The molecule has 0 bridgehead atoms. The third-order valence-corrected chi connectivity index (χ3v) is 6.69. The number of hydrogen-bond donors (Lipinski definition) is 0. The predicted octanol–water partition coefficient (Wildman–Crippen LogP) is 4.97. The standard InChI is InChI=1S/C21H17Cl2N3O5S/c22-15-3-1-14(9-16(15)23)12-25-20(27)19(32-21(25)28)11-13-2-4-17(18(10-13)26(29)30)24-5-7-31-8-6-24/h1-4,9-11H,5-8,12H2/b19-11-. The second kappa shape index (κ2) is 9.50. The highest BCUT2D eigenvalue weighted by Gasteiger charge is 2.35. The first-order chi connectivity index (χ1) is 15.3. The van der Waals surface area contributed by atoms with Crippen LogP contribution < -0.4 is 4.90 Å². The molecule has 2 fully saturated rings. The number of amides is 2. The van der Waals surface area contributed by atoms with Crippen LogP contribution in [-0.4, -0.2) is 47.3 Å². The topological polar surface area (TPSA) is 93.0 Å². The number of morpholine rings is 1. The van der Waals surface area contributed by atoms with E-state index in [0.717, 1.165) is 16.7 Å². The van der Waals surface area contributed by atoms with E-state index in [4.69, 9.17) is 27.9 Å². The summed E-state index contributed by atoms with van der Waals surface area (Å²) >= 11 is 12.7. The Hall–Kier alpha value is -2.59. The summed E-state index contributed by atoms with van der Waals surface area (Å²) in [7, 11) is 0. The number of rotatable bonds is 5. The Morgan fingerprint density at radius 2 is 1.84 bits per heavy atom. The van der Waals surface area contributed by atoms with Crippen LogP contribution in [0.4, 0.5) is 16.2 Å². The first kappa shape index (κ1) is 22.6. The van der Waals surface area contributed by atoms with Gasteiger partial charge in [-0.3, -0.25) is 24.6 Å². The number of nitro groups is 1. The number of halogens is 2. The molecule has 0 radical (unpaired) electrons. The van der Waals surface area contributed by atoms with E-state index in [1.165, 1.54) is 12.1 Å². The molecule has 11 heteroatoms. The molecule has 8 nitrogen and oxygen atoms in total. The van der Waals surface area contributed by atoms with Crippen molar-refractivity contribution in [3.8, 4) is 0 Å².